The van der Waals surface area contributed by atoms with Gasteiger partial charge in [0, 0.05) is 0 Å². The largest absolute Gasteiger partial charge is 3.00 e. The van der Waals surface area contributed by atoms with Crippen LogP contribution in [0, 0.1) is 5.92 Å². The van der Waals surface area contributed by atoms with E-state index in [0.29, 0.717) is 11.6 Å². The third kappa shape index (κ3) is 27.5. The fraction of sp³-hybridized carbons (Fsp3) is 0.288. The van der Waals surface area contributed by atoms with Crippen molar-refractivity contribution in [2.45, 2.75) is 85.2 Å². The van der Waals surface area contributed by atoms with Gasteiger partial charge in [0.25, 0.3) is 0 Å². The minimum absolute atomic E-state index is 0. The zero-order chi connectivity index (χ0) is 49.4. The number of allylic oxidation sites excluding steroid dienone is 4. The first-order valence-electron chi connectivity index (χ1n) is 21.1. The summed E-state index contributed by atoms with van der Waals surface area (Å²) in [5.41, 5.74) is 0.603. The molecule has 0 radical (unpaired) electrons. The molecule has 12 nitrogen and oxygen atoms in total. The van der Waals surface area contributed by atoms with Crippen LogP contribution in [0.15, 0.2) is 146 Å². The molecule has 15 heteroatoms. The molecule has 1 aliphatic rings. The first-order valence-corrected chi connectivity index (χ1v) is 24.1. The Morgan fingerprint density at radius 3 is 0.955 bits per heavy atom. The van der Waals surface area contributed by atoms with Gasteiger partial charge in [-0.15, -0.1) is 0 Å². The van der Waals surface area contributed by atoms with E-state index in [1.807, 2.05) is 0 Å². The van der Waals surface area contributed by atoms with E-state index in [2.05, 4.69) is 159 Å². The summed E-state index contributed by atoms with van der Waals surface area (Å²) in [5.74, 6) is -9.70. The van der Waals surface area contributed by atoms with Gasteiger partial charge in [-0.25, -0.2) is 0 Å². The van der Waals surface area contributed by atoms with Crippen molar-refractivity contribution in [3.05, 3.63) is 146 Å². The van der Waals surface area contributed by atoms with E-state index in [0.717, 1.165) is 20.8 Å². The Morgan fingerprint density at radius 2 is 0.731 bits per heavy atom. The predicted octanol–water partition coefficient (Wildman–Crippen LogP) is 3.80. The molecule has 0 aliphatic heterocycles. The van der Waals surface area contributed by atoms with Gasteiger partial charge in [0.1, 0.15) is 35.3 Å². The second-order valence-corrected chi connectivity index (χ2v) is 19.7. The average molecular weight is 1040 g/mol. The van der Waals surface area contributed by atoms with E-state index < -0.39 is 87.7 Å². The maximum atomic E-state index is 10.1. The molecule has 0 spiro atoms. The van der Waals surface area contributed by atoms with E-state index >= 15 is 0 Å². The number of rotatable bonds is 17. The maximum Gasteiger partial charge on any atom is 3.00 e. The first-order chi connectivity index (χ1) is 31.3. The molecule has 1 atom stereocenters. The normalized spacial score (nSPS) is 12.5. The van der Waals surface area contributed by atoms with Crippen molar-refractivity contribution in [3.63, 3.8) is 0 Å². The van der Waals surface area contributed by atoms with Crippen LogP contribution in [-0.4, -0.2) is 64.4 Å². The van der Waals surface area contributed by atoms with E-state index in [9.17, 15) is 58.5 Å². The number of Topliss-reactive ketones (excluding diaryl/α,β-unsaturated/α-hetero) is 6. The molecule has 0 aromatic heterocycles. The Bertz CT molecular complexity index is 2050. The Hall–Kier alpha value is -5.73. The van der Waals surface area contributed by atoms with Crippen LogP contribution in [0.4, 0.5) is 0 Å². The summed E-state index contributed by atoms with van der Waals surface area (Å²) in [4.78, 5) is 89.2. The molecule has 0 unspecified atom stereocenters. The summed E-state index contributed by atoms with van der Waals surface area (Å²) in [7, 11) is -0.870. The van der Waals surface area contributed by atoms with Crippen molar-refractivity contribution >= 4 is 89.7 Å². The van der Waals surface area contributed by atoms with Gasteiger partial charge in [-0.05, 0) is 101 Å². The van der Waals surface area contributed by atoms with Crippen LogP contribution in [0.3, 0.4) is 0 Å². The van der Waals surface area contributed by atoms with Crippen molar-refractivity contribution in [3.8, 4) is 0 Å². The molecule has 1 aliphatic carbocycles. The molecule has 67 heavy (non-hydrogen) atoms. The third-order valence-corrected chi connectivity index (χ3v) is 15.0. The van der Waals surface area contributed by atoms with Gasteiger partial charge in [0.2, 0.25) is 0 Å². The van der Waals surface area contributed by atoms with Crippen LogP contribution in [0.25, 0.3) is 0 Å². The van der Waals surface area contributed by atoms with Crippen LogP contribution >= 0.6 is 15.8 Å². The van der Waals surface area contributed by atoms with Crippen molar-refractivity contribution in [2.75, 3.05) is 6.16 Å². The number of carbonyl (C=O) groups is 9. The van der Waals surface area contributed by atoms with Crippen molar-refractivity contribution in [1.82, 2.24) is 0 Å². The molecule has 4 aromatic carbocycles. The standard InChI is InChI=1S/C29H30P2.C8H12.3C5H6O4.Rh/c1-24(2)29(31(27-19-11-5-12-20-27)28-21-13-6-14-22-28)23-30(25-15-7-3-8-16-25)26-17-9-4-10-18-26;1-2-4-6-8-7-5-3-1;3*1-3(6)2-4(7)5(8)9;/h3-22,24,29H,23H2,1-2H3;1-4H,5-8H2;3*2H2,1H3,(H,8,9);/q;;;;;+3/p-3/b;3-1-,4-2-;;;;/t29-;;;;;/m0...../s1. The summed E-state index contributed by atoms with van der Waals surface area (Å²) < 4.78 is 0. The average Bonchev–Trinajstić information content (AvgIpc) is 3.26. The zero-order valence-electron chi connectivity index (χ0n) is 38.3. The number of hydrogen-bond donors (Lipinski definition) is 0. The number of benzene rings is 4. The van der Waals surface area contributed by atoms with Crippen LogP contribution in [0.5, 0.6) is 0 Å². The number of hydrogen-bond acceptors (Lipinski definition) is 12. The van der Waals surface area contributed by atoms with Crippen LogP contribution < -0.4 is 36.5 Å². The number of carboxylic acid groups (broad SMARTS) is 3. The Kier molecular flexibility index (Phi) is 32.4. The maximum absolute atomic E-state index is 10.1. The minimum Gasteiger partial charge on any atom is -0.542 e. The van der Waals surface area contributed by atoms with Gasteiger partial charge < -0.3 is 29.7 Å². The van der Waals surface area contributed by atoms with Crippen molar-refractivity contribution in [2.24, 2.45) is 5.92 Å². The quantitative estimate of drug-likeness (QED) is 0.0638. The predicted molar refractivity (Wildman–Crippen MR) is 254 cm³/mol. The van der Waals surface area contributed by atoms with Crippen LogP contribution in [0.2, 0.25) is 0 Å². The fourth-order valence-electron chi connectivity index (χ4n) is 5.83. The number of carbonyl (C=O) groups excluding carboxylic acids is 9. The van der Waals surface area contributed by atoms with E-state index in [-0.39, 0.29) is 19.5 Å². The van der Waals surface area contributed by atoms with Crippen LogP contribution in [0.1, 0.15) is 79.6 Å². The van der Waals surface area contributed by atoms with Gasteiger partial charge in [-0.2, -0.15) is 0 Å². The molecule has 4 aromatic rings. The van der Waals surface area contributed by atoms with Crippen molar-refractivity contribution < 1.29 is 77.9 Å². The van der Waals surface area contributed by atoms with Gasteiger partial charge in [-0.3, -0.25) is 28.8 Å². The first kappa shape index (κ1) is 61.3. The second-order valence-electron chi connectivity index (χ2n) is 15.0. The molecular weight excluding hydrogens is 981 g/mol. The Morgan fingerprint density at radius 1 is 0.463 bits per heavy atom. The number of carboxylic acids is 3. The topological polar surface area (TPSA) is 223 Å². The Labute approximate surface area is 408 Å². The van der Waals surface area contributed by atoms with Gasteiger partial charge >= 0.3 is 19.5 Å². The second kappa shape index (κ2) is 35.5. The molecule has 0 saturated carbocycles. The molecular formula is C52H57O12P2Rh. The zero-order valence-corrected chi connectivity index (χ0v) is 41.7. The van der Waals surface area contributed by atoms with E-state index in [1.165, 1.54) is 53.1 Å². The van der Waals surface area contributed by atoms with Gasteiger partial charge in [0.15, 0.2) is 17.3 Å². The third-order valence-electron chi connectivity index (χ3n) is 8.96. The molecule has 0 bridgehead atoms. The summed E-state index contributed by atoms with van der Waals surface area (Å²) in [5, 5.41) is 34.8. The van der Waals surface area contributed by atoms with Crippen molar-refractivity contribution in [1.29, 1.82) is 0 Å². The van der Waals surface area contributed by atoms with E-state index in [1.54, 1.807) is 0 Å². The molecule has 5 rings (SSSR count). The molecule has 0 fully saturated rings. The molecule has 0 amide bonds. The fourth-order valence-corrected chi connectivity index (χ4v) is 12.2. The van der Waals surface area contributed by atoms with E-state index in [4.69, 9.17) is 0 Å². The molecule has 356 valence electrons. The van der Waals surface area contributed by atoms with Gasteiger partial charge in [0.05, 0.1) is 19.3 Å². The van der Waals surface area contributed by atoms with Gasteiger partial charge in [-0.1, -0.05) is 159 Å². The summed E-state index contributed by atoms with van der Waals surface area (Å²) >= 11 is 0. The molecule has 0 N–H and O–H groups in total. The molecule has 0 saturated heterocycles. The SMILES string of the molecule is C1=C\CCCC\C=C/1.CC(=O)CC(=O)C(=O)[O-].CC(=O)CC(=O)C(=O)[O-].CC(=O)CC(=O)C(=O)[O-].CC(C)[C@H](CP(c1ccccc1)c1ccccc1)P(c1ccccc1)c1ccccc1.[Rh+3]. The smallest absolute Gasteiger partial charge is 0.542 e. The summed E-state index contributed by atoms with van der Waals surface area (Å²) in [6, 6.07) is 44.7. The summed E-state index contributed by atoms with van der Waals surface area (Å²) in [6.45, 7) is 8.24. The minimum atomic E-state index is -1.80. The van der Waals surface area contributed by atoms with Crippen LogP contribution in [-0.2, 0) is 62.6 Å². The monoisotopic (exact) mass is 1040 g/mol. The number of ketones is 6. The Balaban J connectivity index is 0.000000986. The number of aliphatic carboxylic acids is 3. The molecule has 0 heterocycles. The summed E-state index contributed by atoms with van der Waals surface area (Å²) in [6.07, 6.45) is 13.5.